The Bertz CT molecular complexity index is 554. The first kappa shape index (κ1) is 13.2. The van der Waals surface area contributed by atoms with E-state index in [9.17, 15) is 10.1 Å². The maximum absolute atomic E-state index is 9.28. The van der Waals surface area contributed by atoms with Gasteiger partial charge in [-0.15, -0.1) is 0 Å². The summed E-state index contributed by atoms with van der Waals surface area (Å²) in [5.74, 6) is -0.662. The van der Waals surface area contributed by atoms with E-state index in [1.54, 1.807) is 6.20 Å². The molecule has 0 saturated carbocycles. The van der Waals surface area contributed by atoms with Crippen molar-refractivity contribution in [1.29, 1.82) is 5.41 Å². The normalized spacial score (nSPS) is 9.11. The lowest BCUT2D eigenvalue weighted by Crippen LogP contribution is -2.34. The van der Waals surface area contributed by atoms with E-state index < -0.39 is 11.0 Å². The molecule has 0 aliphatic carbocycles. The maximum Gasteiger partial charge on any atom is 0.248 e. The number of guanidine groups is 1. The van der Waals surface area contributed by atoms with Crippen molar-refractivity contribution in [2.24, 2.45) is 5.73 Å². The Morgan fingerprint density at radius 1 is 1.44 bits per heavy atom. The fourth-order valence-corrected chi connectivity index (χ4v) is 1.25. The molecule has 18 heavy (non-hydrogen) atoms. The summed E-state index contributed by atoms with van der Waals surface area (Å²) >= 11 is 0. The van der Waals surface area contributed by atoms with Crippen LogP contribution in [0.15, 0.2) is 36.7 Å². The van der Waals surface area contributed by atoms with E-state index in [-0.39, 0.29) is 0 Å². The van der Waals surface area contributed by atoms with Crippen molar-refractivity contribution < 1.29 is 5.03 Å². The van der Waals surface area contributed by atoms with E-state index in [1.807, 2.05) is 30.5 Å². The van der Waals surface area contributed by atoms with Crippen LogP contribution in [0.3, 0.4) is 0 Å². The van der Waals surface area contributed by atoms with Crippen molar-refractivity contribution in [3.8, 4) is 0 Å². The van der Waals surface area contributed by atoms with E-state index >= 15 is 0 Å². The van der Waals surface area contributed by atoms with E-state index in [0.29, 0.717) is 0 Å². The molecule has 0 saturated heterocycles. The Morgan fingerprint density at radius 3 is 2.67 bits per heavy atom. The molecule has 0 radical (unpaired) electrons. The van der Waals surface area contributed by atoms with Gasteiger partial charge >= 0.3 is 0 Å². The molecule has 0 aliphatic heterocycles. The largest absolute Gasteiger partial charge is 0.398 e. The monoisotopic (exact) mass is 248 g/mol. The number of benzene rings is 1. The van der Waals surface area contributed by atoms with Gasteiger partial charge in [0, 0.05) is 28.9 Å². The number of nitrogens with zero attached hydrogens (tertiary/aromatic N) is 2. The van der Waals surface area contributed by atoms with Gasteiger partial charge in [-0.3, -0.25) is 10.4 Å². The summed E-state index contributed by atoms with van der Waals surface area (Å²) < 4.78 is 0. The van der Waals surface area contributed by atoms with Crippen LogP contribution in [0.5, 0.6) is 0 Å². The predicted molar refractivity (Wildman–Crippen MR) is 68.2 cm³/mol. The zero-order chi connectivity index (χ0) is 13.5. The lowest BCUT2D eigenvalue weighted by atomic mass is 10.1. The molecule has 1 aromatic carbocycles. The smallest absolute Gasteiger partial charge is 0.248 e. The zero-order valence-corrected chi connectivity index (χ0v) is 9.33. The van der Waals surface area contributed by atoms with Crippen LogP contribution in [0.2, 0.25) is 0 Å². The van der Waals surface area contributed by atoms with Gasteiger partial charge in [-0.05, 0) is 12.1 Å². The number of nitrogens with one attached hydrogen (secondary N) is 2. The summed E-state index contributed by atoms with van der Waals surface area (Å²) in [5, 5.41) is 16.8. The van der Waals surface area contributed by atoms with Crippen molar-refractivity contribution in [3.05, 3.63) is 46.8 Å². The fraction of sp³-hybridized carbons (Fsp3) is 0. The SMILES string of the molecule is N=C(N)N[N+](=O)[O-].Nc1cccc2cnccc12. The van der Waals surface area contributed by atoms with E-state index in [2.05, 4.69) is 10.7 Å². The van der Waals surface area contributed by atoms with Crippen molar-refractivity contribution in [2.75, 3.05) is 5.73 Å². The quantitative estimate of drug-likeness (QED) is 0.190. The lowest BCUT2D eigenvalue weighted by Gasteiger charge is -1.98. The molecule has 6 N–H and O–H groups in total. The van der Waals surface area contributed by atoms with Gasteiger partial charge < -0.3 is 11.5 Å². The number of nitrogens with two attached hydrogens (primary N) is 2. The molecule has 94 valence electrons. The minimum atomic E-state index is -0.900. The number of nitro groups is 1. The van der Waals surface area contributed by atoms with Crippen LogP contribution in [0.1, 0.15) is 0 Å². The Kier molecular flexibility index (Phi) is 4.38. The van der Waals surface area contributed by atoms with Crippen LogP contribution in [0, 0.1) is 15.5 Å². The van der Waals surface area contributed by atoms with Crippen molar-refractivity contribution in [1.82, 2.24) is 10.4 Å². The van der Waals surface area contributed by atoms with Gasteiger partial charge in [0.1, 0.15) is 0 Å². The molecule has 0 atom stereocenters. The number of hydrazine groups is 1. The van der Waals surface area contributed by atoms with E-state index in [0.717, 1.165) is 16.5 Å². The second-order valence-corrected chi connectivity index (χ2v) is 3.23. The molecule has 2 aromatic rings. The summed E-state index contributed by atoms with van der Waals surface area (Å²) in [7, 11) is 0. The molecule has 8 nitrogen and oxygen atoms in total. The molecule has 0 amide bonds. The van der Waals surface area contributed by atoms with Crippen LogP contribution in [-0.2, 0) is 0 Å². The number of hydrogen-bond acceptors (Lipinski definition) is 5. The Morgan fingerprint density at radius 2 is 2.17 bits per heavy atom. The van der Waals surface area contributed by atoms with Crippen LogP contribution >= 0.6 is 0 Å². The second-order valence-electron chi connectivity index (χ2n) is 3.23. The molecule has 1 heterocycles. The number of pyridine rings is 1. The number of aromatic nitrogens is 1. The third-order valence-corrected chi connectivity index (χ3v) is 1.93. The third kappa shape index (κ3) is 3.93. The van der Waals surface area contributed by atoms with Gasteiger partial charge in [0.25, 0.3) is 0 Å². The van der Waals surface area contributed by atoms with Crippen LogP contribution in [0.4, 0.5) is 5.69 Å². The highest BCUT2D eigenvalue weighted by atomic mass is 16.7. The van der Waals surface area contributed by atoms with Gasteiger partial charge in [0.2, 0.25) is 5.96 Å². The highest BCUT2D eigenvalue weighted by Crippen LogP contribution is 2.18. The fourth-order valence-electron chi connectivity index (χ4n) is 1.25. The number of anilines is 1. The van der Waals surface area contributed by atoms with Gasteiger partial charge in [-0.1, -0.05) is 17.6 Å². The lowest BCUT2D eigenvalue weighted by molar-refractivity contribution is -0.525. The minimum Gasteiger partial charge on any atom is -0.398 e. The molecule has 0 unspecified atom stereocenters. The first-order valence-electron chi connectivity index (χ1n) is 4.84. The molecular formula is C10H12N6O2. The summed E-state index contributed by atoms with van der Waals surface area (Å²) in [6.45, 7) is 0. The Labute approximate surface area is 102 Å². The average molecular weight is 248 g/mol. The van der Waals surface area contributed by atoms with Crippen molar-refractivity contribution >= 4 is 22.4 Å². The number of fused-ring (bicyclic) bond motifs is 1. The number of nitrogen functional groups attached to an aromatic ring is 1. The van der Waals surface area contributed by atoms with Crippen LogP contribution in [-0.4, -0.2) is 16.0 Å². The zero-order valence-electron chi connectivity index (χ0n) is 9.33. The summed E-state index contributed by atoms with van der Waals surface area (Å²) in [4.78, 5) is 13.3. The van der Waals surface area contributed by atoms with Gasteiger partial charge in [0.15, 0.2) is 5.03 Å². The van der Waals surface area contributed by atoms with Crippen LogP contribution in [0.25, 0.3) is 10.8 Å². The molecule has 0 fully saturated rings. The van der Waals surface area contributed by atoms with Crippen LogP contribution < -0.4 is 16.9 Å². The molecule has 8 heteroatoms. The molecule has 1 aromatic heterocycles. The molecule has 0 bridgehead atoms. The third-order valence-electron chi connectivity index (χ3n) is 1.93. The average Bonchev–Trinajstić information content (AvgIpc) is 2.29. The molecular weight excluding hydrogens is 236 g/mol. The van der Waals surface area contributed by atoms with Gasteiger partial charge in [0.05, 0.1) is 0 Å². The predicted octanol–water partition coefficient (Wildman–Crippen LogP) is 0.478. The summed E-state index contributed by atoms with van der Waals surface area (Å²) in [5.41, 5.74) is 12.5. The Hall–Kier alpha value is -2.90. The second kappa shape index (κ2) is 5.99. The summed E-state index contributed by atoms with van der Waals surface area (Å²) in [6, 6.07) is 7.74. The van der Waals surface area contributed by atoms with E-state index in [4.69, 9.17) is 11.1 Å². The first-order chi connectivity index (χ1) is 8.50. The molecule has 2 rings (SSSR count). The standard InChI is InChI=1S/C9H8N2.CH4N4O2/c10-9-3-1-2-7-6-11-5-4-8(7)9;2-1(3)4-5(6)7/h1-6H,10H2;(H4,2,3,4). The van der Waals surface area contributed by atoms with Gasteiger partial charge in [-0.25, -0.2) is 10.1 Å². The highest BCUT2D eigenvalue weighted by Gasteiger charge is 1.93. The molecule has 0 spiro atoms. The Balaban J connectivity index is 0.000000203. The molecule has 0 aliphatic rings. The van der Waals surface area contributed by atoms with Gasteiger partial charge in [-0.2, -0.15) is 0 Å². The van der Waals surface area contributed by atoms with Crippen molar-refractivity contribution in [2.45, 2.75) is 0 Å². The number of hydrogen-bond donors (Lipinski definition) is 4. The topological polar surface area (TPSA) is 144 Å². The highest BCUT2D eigenvalue weighted by molar-refractivity contribution is 5.91. The first-order valence-corrected chi connectivity index (χ1v) is 4.84. The summed E-state index contributed by atoms with van der Waals surface area (Å²) in [6.07, 6.45) is 3.56. The minimum absolute atomic E-state index is 0.662. The van der Waals surface area contributed by atoms with E-state index in [1.165, 1.54) is 5.43 Å². The van der Waals surface area contributed by atoms with Crippen molar-refractivity contribution in [3.63, 3.8) is 0 Å². The maximum atomic E-state index is 9.28. The number of rotatable bonds is 1.